The fourth-order valence-corrected chi connectivity index (χ4v) is 2.29. The van der Waals surface area contributed by atoms with Crippen molar-refractivity contribution in [3.63, 3.8) is 0 Å². The van der Waals surface area contributed by atoms with E-state index in [4.69, 9.17) is 15.6 Å². The Morgan fingerprint density at radius 3 is 2.65 bits per heavy atom. The summed E-state index contributed by atoms with van der Waals surface area (Å²) in [6.45, 7) is -0.324. The van der Waals surface area contributed by atoms with Crippen LogP contribution in [0.2, 0.25) is 0 Å². The lowest BCUT2D eigenvalue weighted by molar-refractivity contribution is -0.136. The summed E-state index contributed by atoms with van der Waals surface area (Å²) < 4.78 is 30.4. The second-order valence-corrected chi connectivity index (χ2v) is 5.69. The number of nitrogens with one attached hydrogen (secondary N) is 1. The molecule has 1 amide bonds. The number of nitrogens with two attached hydrogens (primary N) is 1. The highest BCUT2D eigenvalue weighted by atomic mass is 32.2. The molecule has 8 nitrogen and oxygen atoms in total. The molecule has 1 aromatic rings. The van der Waals surface area contributed by atoms with E-state index >= 15 is 0 Å². The first-order valence-electron chi connectivity index (χ1n) is 5.52. The SMILES string of the molecule is NC(=O)COc1cccc(NS(=O)(=O)CCC(=O)O)c1. The molecule has 0 saturated heterocycles. The number of carboxylic acid groups (broad SMARTS) is 1. The molecule has 4 N–H and O–H groups in total. The minimum atomic E-state index is -3.76. The van der Waals surface area contributed by atoms with E-state index in [0.29, 0.717) is 0 Å². The summed E-state index contributed by atoms with van der Waals surface area (Å²) in [7, 11) is -3.76. The number of hydrogen-bond donors (Lipinski definition) is 3. The standard InChI is InChI=1S/C11H14N2O6S/c12-10(14)7-19-9-3-1-2-8(6-9)13-20(17,18)5-4-11(15)16/h1-3,6,13H,4-5,7H2,(H2,12,14)(H,15,16). The van der Waals surface area contributed by atoms with Gasteiger partial charge in [-0.15, -0.1) is 0 Å². The van der Waals surface area contributed by atoms with E-state index in [1.807, 2.05) is 0 Å². The van der Waals surface area contributed by atoms with Crippen LogP contribution in [0.4, 0.5) is 5.69 Å². The summed E-state index contributed by atoms with van der Waals surface area (Å²) in [5.74, 6) is -2.12. The predicted molar refractivity (Wildman–Crippen MR) is 70.8 cm³/mol. The molecule has 0 fully saturated rings. The molecule has 0 aromatic heterocycles. The number of primary amides is 1. The summed E-state index contributed by atoms with van der Waals surface area (Å²) in [6.07, 6.45) is -0.493. The summed E-state index contributed by atoms with van der Waals surface area (Å²) in [6, 6.07) is 5.88. The van der Waals surface area contributed by atoms with E-state index in [0.717, 1.165) is 0 Å². The van der Waals surface area contributed by atoms with E-state index < -0.39 is 34.1 Å². The van der Waals surface area contributed by atoms with Gasteiger partial charge in [-0.3, -0.25) is 14.3 Å². The van der Waals surface area contributed by atoms with Gasteiger partial charge in [-0.2, -0.15) is 0 Å². The molecule has 0 radical (unpaired) electrons. The largest absolute Gasteiger partial charge is 0.484 e. The minimum absolute atomic E-state index is 0.206. The molecular weight excluding hydrogens is 288 g/mol. The third-order valence-corrected chi connectivity index (χ3v) is 3.36. The third-order valence-electron chi connectivity index (χ3n) is 2.07. The van der Waals surface area contributed by atoms with Gasteiger partial charge in [0.15, 0.2) is 6.61 Å². The molecular formula is C11H14N2O6S. The highest BCUT2D eigenvalue weighted by Crippen LogP contribution is 2.18. The van der Waals surface area contributed by atoms with Gasteiger partial charge in [0.05, 0.1) is 17.9 Å². The molecule has 9 heteroatoms. The second-order valence-electron chi connectivity index (χ2n) is 3.85. The first kappa shape index (κ1) is 15.8. The quantitative estimate of drug-likeness (QED) is 0.606. The number of carboxylic acids is 1. The van der Waals surface area contributed by atoms with Gasteiger partial charge >= 0.3 is 5.97 Å². The average molecular weight is 302 g/mol. The molecule has 0 atom stereocenters. The van der Waals surface area contributed by atoms with Crippen LogP contribution < -0.4 is 15.2 Å². The zero-order valence-electron chi connectivity index (χ0n) is 10.4. The lowest BCUT2D eigenvalue weighted by Gasteiger charge is -2.09. The Balaban J connectivity index is 2.70. The number of hydrogen-bond acceptors (Lipinski definition) is 5. The predicted octanol–water partition coefficient (Wildman–Crippen LogP) is -0.233. The smallest absolute Gasteiger partial charge is 0.304 e. The van der Waals surface area contributed by atoms with Crippen molar-refractivity contribution in [3.8, 4) is 5.75 Å². The Bertz CT molecular complexity index is 599. The van der Waals surface area contributed by atoms with Gasteiger partial charge in [0, 0.05) is 6.07 Å². The van der Waals surface area contributed by atoms with E-state index in [9.17, 15) is 18.0 Å². The number of ether oxygens (including phenoxy) is 1. The van der Waals surface area contributed by atoms with Crippen molar-refractivity contribution >= 4 is 27.6 Å². The van der Waals surface area contributed by atoms with E-state index in [1.165, 1.54) is 24.3 Å². The summed E-state index contributed by atoms with van der Waals surface area (Å²) >= 11 is 0. The molecule has 0 unspecified atom stereocenters. The Kier molecular flexibility index (Phi) is 5.32. The van der Waals surface area contributed by atoms with Crippen LogP contribution in [-0.4, -0.2) is 37.8 Å². The molecule has 0 aliphatic heterocycles. The Morgan fingerprint density at radius 2 is 2.05 bits per heavy atom. The fraction of sp³-hybridized carbons (Fsp3) is 0.273. The molecule has 1 aromatic carbocycles. The summed E-state index contributed by atoms with van der Waals surface area (Å²) in [4.78, 5) is 20.9. The fourth-order valence-electron chi connectivity index (χ4n) is 1.26. The van der Waals surface area contributed by atoms with Crippen molar-refractivity contribution in [3.05, 3.63) is 24.3 Å². The van der Waals surface area contributed by atoms with Crippen molar-refractivity contribution < 1.29 is 27.9 Å². The van der Waals surface area contributed by atoms with E-state index in [1.54, 1.807) is 0 Å². The van der Waals surface area contributed by atoms with Crippen LogP contribution >= 0.6 is 0 Å². The van der Waals surface area contributed by atoms with Crippen LogP contribution in [0.25, 0.3) is 0 Å². The van der Waals surface area contributed by atoms with Gasteiger partial charge < -0.3 is 15.6 Å². The van der Waals surface area contributed by atoms with Crippen LogP contribution in [0.3, 0.4) is 0 Å². The van der Waals surface area contributed by atoms with Crippen molar-refractivity contribution in [2.24, 2.45) is 5.73 Å². The number of aliphatic carboxylic acids is 1. The minimum Gasteiger partial charge on any atom is -0.484 e. The number of carbonyl (C=O) groups is 2. The molecule has 110 valence electrons. The number of rotatable bonds is 8. The molecule has 0 aliphatic carbocycles. The molecule has 0 saturated carbocycles. The van der Waals surface area contributed by atoms with Crippen LogP contribution in [-0.2, 0) is 19.6 Å². The van der Waals surface area contributed by atoms with Gasteiger partial charge in [-0.25, -0.2) is 8.42 Å². The van der Waals surface area contributed by atoms with E-state index in [2.05, 4.69) is 4.72 Å². The van der Waals surface area contributed by atoms with Crippen LogP contribution in [0.15, 0.2) is 24.3 Å². The van der Waals surface area contributed by atoms with Crippen LogP contribution in [0.1, 0.15) is 6.42 Å². The topological polar surface area (TPSA) is 136 Å². The number of benzene rings is 1. The Morgan fingerprint density at radius 1 is 1.35 bits per heavy atom. The van der Waals surface area contributed by atoms with Gasteiger partial charge in [0.1, 0.15) is 5.75 Å². The monoisotopic (exact) mass is 302 g/mol. The second kappa shape index (κ2) is 6.75. The number of anilines is 1. The normalized spacial score (nSPS) is 10.8. The molecule has 0 heterocycles. The first-order chi connectivity index (χ1) is 9.28. The zero-order valence-corrected chi connectivity index (χ0v) is 11.2. The number of amides is 1. The van der Waals surface area contributed by atoms with Gasteiger partial charge in [0.2, 0.25) is 10.0 Å². The number of carbonyl (C=O) groups excluding carboxylic acids is 1. The molecule has 0 bridgehead atoms. The maximum Gasteiger partial charge on any atom is 0.304 e. The van der Waals surface area contributed by atoms with Crippen molar-refractivity contribution in [2.75, 3.05) is 17.1 Å². The zero-order chi connectivity index (χ0) is 15.2. The summed E-state index contributed by atoms with van der Waals surface area (Å²) in [5, 5.41) is 8.45. The first-order valence-corrected chi connectivity index (χ1v) is 7.17. The lowest BCUT2D eigenvalue weighted by atomic mass is 10.3. The summed E-state index contributed by atoms with van der Waals surface area (Å²) in [5.41, 5.74) is 5.12. The molecule has 20 heavy (non-hydrogen) atoms. The average Bonchev–Trinajstić information content (AvgIpc) is 2.34. The van der Waals surface area contributed by atoms with Crippen molar-refractivity contribution in [1.29, 1.82) is 0 Å². The van der Waals surface area contributed by atoms with Gasteiger partial charge in [-0.05, 0) is 12.1 Å². The molecule has 0 spiro atoms. The van der Waals surface area contributed by atoms with Crippen LogP contribution in [0, 0.1) is 0 Å². The van der Waals surface area contributed by atoms with Gasteiger partial charge in [-0.1, -0.05) is 6.07 Å². The number of sulfonamides is 1. The highest BCUT2D eigenvalue weighted by Gasteiger charge is 2.13. The Labute approximate surface area is 115 Å². The van der Waals surface area contributed by atoms with Crippen molar-refractivity contribution in [1.82, 2.24) is 0 Å². The Hall–Kier alpha value is -2.29. The van der Waals surface area contributed by atoms with Crippen LogP contribution in [0.5, 0.6) is 5.75 Å². The highest BCUT2D eigenvalue weighted by molar-refractivity contribution is 7.92. The molecule has 1 rings (SSSR count). The maximum absolute atomic E-state index is 11.6. The van der Waals surface area contributed by atoms with Crippen molar-refractivity contribution in [2.45, 2.75) is 6.42 Å². The van der Waals surface area contributed by atoms with E-state index in [-0.39, 0.29) is 18.0 Å². The maximum atomic E-state index is 11.6. The third kappa shape index (κ3) is 6.05. The van der Waals surface area contributed by atoms with Gasteiger partial charge in [0.25, 0.3) is 5.91 Å². The molecule has 0 aliphatic rings. The lowest BCUT2D eigenvalue weighted by Crippen LogP contribution is -2.20.